The predicted molar refractivity (Wildman–Crippen MR) is 140 cm³/mol. The Morgan fingerprint density at radius 3 is 1.94 bits per heavy atom. The molecule has 4 aromatic rings. The molecule has 3 atom stereocenters. The van der Waals surface area contributed by atoms with Gasteiger partial charge in [0, 0.05) is 16.1 Å². The third kappa shape index (κ3) is 4.38. The quantitative estimate of drug-likeness (QED) is 0.274. The summed E-state index contributed by atoms with van der Waals surface area (Å²) in [5.41, 5.74) is 4.37. The number of benzene rings is 4. The van der Waals surface area contributed by atoms with Crippen LogP contribution in [0.3, 0.4) is 0 Å². The fourth-order valence-corrected chi connectivity index (χ4v) is 5.33. The zero-order valence-corrected chi connectivity index (χ0v) is 20.6. The van der Waals surface area contributed by atoms with Crippen LogP contribution in [0, 0.1) is 5.92 Å². The SMILES string of the molecule is COc1ccc(N2C(=O)[C@H](Cc3ccc(Br)cc3)[C@@H](c3ccccc3)[C@H]2c2ccccc2)cc1. The number of carbonyl (C=O) groups excluding carboxylic acids is 1. The predicted octanol–water partition coefficient (Wildman–Crippen LogP) is 7.19. The molecule has 0 bridgehead atoms. The van der Waals surface area contributed by atoms with Gasteiger partial charge in [-0.1, -0.05) is 88.7 Å². The molecule has 1 fully saturated rings. The molecule has 0 aliphatic carbocycles. The second-order valence-electron chi connectivity index (χ2n) is 8.64. The lowest BCUT2D eigenvalue weighted by molar-refractivity contribution is -0.120. The van der Waals surface area contributed by atoms with Gasteiger partial charge in [0.25, 0.3) is 0 Å². The van der Waals surface area contributed by atoms with Crippen molar-refractivity contribution >= 4 is 27.5 Å². The van der Waals surface area contributed by atoms with Crippen molar-refractivity contribution in [1.82, 2.24) is 0 Å². The molecule has 1 saturated heterocycles. The molecule has 0 unspecified atom stereocenters. The van der Waals surface area contributed by atoms with Gasteiger partial charge in [0.05, 0.1) is 19.1 Å². The lowest BCUT2D eigenvalue weighted by Crippen LogP contribution is -2.29. The Balaban J connectivity index is 1.65. The van der Waals surface area contributed by atoms with Gasteiger partial charge < -0.3 is 9.64 Å². The molecular weight excluding hydrogens is 486 g/mol. The molecular formula is C30H26BrNO2. The molecule has 0 aromatic heterocycles. The van der Waals surface area contributed by atoms with E-state index in [-0.39, 0.29) is 23.8 Å². The molecule has 0 N–H and O–H groups in total. The van der Waals surface area contributed by atoms with Crippen molar-refractivity contribution in [1.29, 1.82) is 0 Å². The van der Waals surface area contributed by atoms with Crippen LogP contribution in [0.4, 0.5) is 5.69 Å². The van der Waals surface area contributed by atoms with Crippen molar-refractivity contribution < 1.29 is 9.53 Å². The molecule has 34 heavy (non-hydrogen) atoms. The van der Waals surface area contributed by atoms with E-state index in [1.165, 1.54) is 5.56 Å². The van der Waals surface area contributed by atoms with Crippen LogP contribution >= 0.6 is 15.9 Å². The Hall–Kier alpha value is -3.37. The first-order valence-electron chi connectivity index (χ1n) is 11.5. The highest BCUT2D eigenvalue weighted by Crippen LogP contribution is 2.50. The third-order valence-corrected chi connectivity index (χ3v) is 7.18. The topological polar surface area (TPSA) is 29.5 Å². The highest BCUT2D eigenvalue weighted by Gasteiger charge is 2.49. The molecule has 4 heteroatoms. The summed E-state index contributed by atoms with van der Waals surface area (Å²) in [6, 6.07) is 36.8. The normalized spacial score (nSPS) is 19.9. The van der Waals surface area contributed by atoms with E-state index in [0.29, 0.717) is 6.42 Å². The molecule has 4 aromatic carbocycles. The third-order valence-electron chi connectivity index (χ3n) is 6.65. The number of amides is 1. The summed E-state index contributed by atoms with van der Waals surface area (Å²) in [5, 5.41) is 0. The van der Waals surface area contributed by atoms with Gasteiger partial charge in [-0.15, -0.1) is 0 Å². The number of nitrogens with zero attached hydrogens (tertiary/aromatic N) is 1. The average molecular weight is 512 g/mol. The molecule has 3 nitrogen and oxygen atoms in total. The standard InChI is InChI=1S/C30H26BrNO2/c1-34-26-18-16-25(17-19-26)32-29(23-10-6-3-7-11-23)28(22-8-4-2-5-9-22)27(30(32)33)20-21-12-14-24(31)15-13-21/h2-19,27-29H,20H2,1H3/t27-,28-,29-/m1/s1. The van der Waals surface area contributed by atoms with Gasteiger partial charge in [0.2, 0.25) is 5.91 Å². The van der Waals surface area contributed by atoms with Crippen LogP contribution < -0.4 is 9.64 Å². The summed E-state index contributed by atoms with van der Waals surface area (Å²) in [6.45, 7) is 0. The summed E-state index contributed by atoms with van der Waals surface area (Å²) in [5.74, 6) is 0.756. The van der Waals surface area contributed by atoms with Gasteiger partial charge in [-0.3, -0.25) is 4.79 Å². The molecule has 170 valence electrons. The maximum atomic E-state index is 14.2. The summed E-state index contributed by atoms with van der Waals surface area (Å²) >= 11 is 3.53. The Kier molecular flexibility index (Phi) is 6.50. The largest absolute Gasteiger partial charge is 0.497 e. The number of ether oxygens (including phenoxy) is 1. The number of anilines is 1. The van der Waals surface area contributed by atoms with E-state index in [0.717, 1.165) is 27.0 Å². The van der Waals surface area contributed by atoms with Crippen LogP contribution in [0.15, 0.2) is 114 Å². The fourth-order valence-electron chi connectivity index (χ4n) is 5.07. The first kappa shape index (κ1) is 22.4. The number of hydrogen-bond acceptors (Lipinski definition) is 2. The summed E-state index contributed by atoms with van der Waals surface area (Å²) in [4.78, 5) is 16.2. The highest BCUT2D eigenvalue weighted by molar-refractivity contribution is 9.10. The molecule has 5 rings (SSSR count). The van der Waals surface area contributed by atoms with Crippen LogP contribution in [0.2, 0.25) is 0 Å². The van der Waals surface area contributed by atoms with Crippen LogP contribution in [0.1, 0.15) is 28.7 Å². The van der Waals surface area contributed by atoms with Gasteiger partial charge in [-0.05, 0) is 59.5 Å². The molecule has 0 spiro atoms. The number of hydrogen-bond donors (Lipinski definition) is 0. The lowest BCUT2D eigenvalue weighted by atomic mass is 9.79. The summed E-state index contributed by atoms with van der Waals surface area (Å²) in [7, 11) is 1.66. The monoisotopic (exact) mass is 511 g/mol. The zero-order valence-electron chi connectivity index (χ0n) is 19.0. The number of halogens is 1. The van der Waals surface area contributed by atoms with E-state index >= 15 is 0 Å². The lowest BCUT2D eigenvalue weighted by Gasteiger charge is -2.29. The smallest absolute Gasteiger partial charge is 0.231 e. The van der Waals surface area contributed by atoms with E-state index in [1.54, 1.807) is 7.11 Å². The van der Waals surface area contributed by atoms with Crippen LogP contribution in [0.25, 0.3) is 0 Å². The Labute approximate surface area is 209 Å². The number of rotatable bonds is 6. The van der Waals surface area contributed by atoms with Crippen LogP contribution in [-0.2, 0) is 11.2 Å². The van der Waals surface area contributed by atoms with E-state index in [2.05, 4.69) is 76.6 Å². The maximum Gasteiger partial charge on any atom is 0.231 e. The van der Waals surface area contributed by atoms with Gasteiger partial charge in [-0.2, -0.15) is 0 Å². The minimum Gasteiger partial charge on any atom is -0.497 e. The maximum absolute atomic E-state index is 14.2. The number of methoxy groups -OCH3 is 1. The minimum atomic E-state index is -0.184. The van der Waals surface area contributed by atoms with E-state index in [1.807, 2.05) is 53.4 Å². The average Bonchev–Trinajstić information content (AvgIpc) is 3.18. The molecule has 1 amide bonds. The van der Waals surface area contributed by atoms with Gasteiger partial charge in [0.15, 0.2) is 0 Å². The van der Waals surface area contributed by atoms with Gasteiger partial charge >= 0.3 is 0 Å². The van der Waals surface area contributed by atoms with Crippen molar-refractivity contribution in [2.75, 3.05) is 12.0 Å². The van der Waals surface area contributed by atoms with E-state index in [9.17, 15) is 4.79 Å². The van der Waals surface area contributed by atoms with Crippen molar-refractivity contribution in [3.05, 3.63) is 130 Å². The van der Waals surface area contributed by atoms with Crippen LogP contribution in [-0.4, -0.2) is 13.0 Å². The van der Waals surface area contributed by atoms with Crippen LogP contribution in [0.5, 0.6) is 5.75 Å². The van der Waals surface area contributed by atoms with E-state index < -0.39 is 0 Å². The molecule has 1 aliphatic heterocycles. The highest BCUT2D eigenvalue weighted by atomic mass is 79.9. The second-order valence-corrected chi connectivity index (χ2v) is 9.55. The molecule has 1 heterocycles. The van der Waals surface area contributed by atoms with Crippen molar-refractivity contribution in [3.8, 4) is 5.75 Å². The van der Waals surface area contributed by atoms with Gasteiger partial charge in [0.1, 0.15) is 5.75 Å². The minimum absolute atomic E-state index is 0.0156. The van der Waals surface area contributed by atoms with Crippen molar-refractivity contribution in [2.45, 2.75) is 18.4 Å². The van der Waals surface area contributed by atoms with E-state index in [4.69, 9.17) is 4.74 Å². The summed E-state index contributed by atoms with van der Waals surface area (Å²) in [6.07, 6.45) is 0.682. The Morgan fingerprint density at radius 1 is 0.765 bits per heavy atom. The number of carbonyl (C=O) groups is 1. The molecule has 1 aliphatic rings. The Morgan fingerprint density at radius 2 is 1.35 bits per heavy atom. The molecule has 0 radical (unpaired) electrons. The van der Waals surface area contributed by atoms with Crippen molar-refractivity contribution in [3.63, 3.8) is 0 Å². The second kappa shape index (κ2) is 9.86. The first-order chi connectivity index (χ1) is 16.7. The fraction of sp³-hybridized carbons (Fsp3) is 0.167. The Bertz CT molecular complexity index is 1240. The van der Waals surface area contributed by atoms with Gasteiger partial charge in [-0.25, -0.2) is 0 Å². The van der Waals surface area contributed by atoms with Crippen molar-refractivity contribution in [2.24, 2.45) is 5.92 Å². The first-order valence-corrected chi connectivity index (χ1v) is 12.3. The molecule has 0 saturated carbocycles. The zero-order chi connectivity index (χ0) is 23.5. The summed E-state index contributed by atoms with van der Waals surface area (Å²) < 4.78 is 6.40.